The molecule has 1 aromatic carbocycles. The number of hydrogen-bond acceptors (Lipinski definition) is 3. The summed E-state index contributed by atoms with van der Waals surface area (Å²) in [5, 5.41) is 2.91. The van der Waals surface area contributed by atoms with Crippen LogP contribution in [0.5, 0.6) is 0 Å². The summed E-state index contributed by atoms with van der Waals surface area (Å²) in [6.45, 7) is 9.16. The topological polar surface area (TPSA) is 46.5 Å². The van der Waals surface area contributed by atoms with Crippen molar-refractivity contribution >= 4 is 11.6 Å². The van der Waals surface area contributed by atoms with Crippen LogP contribution in [0.25, 0.3) is 0 Å². The molecule has 2 aromatic rings. The van der Waals surface area contributed by atoms with E-state index in [0.29, 0.717) is 44.1 Å². The molecule has 3 rings (SSSR count). The predicted octanol–water partition coefficient (Wildman–Crippen LogP) is 4.15. The third-order valence-electron chi connectivity index (χ3n) is 5.40. The van der Waals surface area contributed by atoms with E-state index in [-0.39, 0.29) is 12.5 Å². The summed E-state index contributed by atoms with van der Waals surface area (Å²) in [5.41, 5.74) is 2.99. The van der Waals surface area contributed by atoms with Crippen LogP contribution >= 0.6 is 0 Å². The number of amides is 1. The standard InChI is InChI=1S/C22H28F3N3O2/c1-4-8-26-21(29)20-15(2)19(27-9-11-30-12-10-27)16(3)28(20)14-17-6-5-7-18(13-17)22(23,24)25/h5-7,13H,4,8-12,14H2,1-3H3,(H,26,29). The van der Waals surface area contributed by atoms with Crippen molar-refractivity contribution in [2.45, 2.75) is 39.9 Å². The molecule has 1 aliphatic rings. The average Bonchev–Trinajstić information content (AvgIpc) is 2.96. The van der Waals surface area contributed by atoms with Gasteiger partial charge in [0.1, 0.15) is 5.69 Å². The first-order chi connectivity index (χ1) is 14.2. The number of halogens is 3. The SMILES string of the molecule is CCCNC(=O)c1c(C)c(N2CCOCC2)c(C)n1Cc1cccc(C(F)(F)F)c1. The van der Waals surface area contributed by atoms with Gasteiger partial charge in [0, 0.05) is 37.4 Å². The van der Waals surface area contributed by atoms with Gasteiger partial charge in [-0.2, -0.15) is 13.2 Å². The first-order valence-electron chi connectivity index (χ1n) is 10.2. The van der Waals surface area contributed by atoms with Crippen LogP contribution in [0, 0.1) is 13.8 Å². The van der Waals surface area contributed by atoms with Gasteiger partial charge in [0.25, 0.3) is 5.91 Å². The van der Waals surface area contributed by atoms with Crippen molar-refractivity contribution in [3.05, 3.63) is 52.3 Å². The molecule has 5 nitrogen and oxygen atoms in total. The van der Waals surface area contributed by atoms with Crippen LogP contribution in [0.15, 0.2) is 24.3 Å². The van der Waals surface area contributed by atoms with Gasteiger partial charge in [-0.3, -0.25) is 4.79 Å². The number of morpholine rings is 1. The van der Waals surface area contributed by atoms with Crippen LogP contribution in [0.2, 0.25) is 0 Å². The second kappa shape index (κ2) is 9.12. The third-order valence-corrected chi connectivity index (χ3v) is 5.40. The van der Waals surface area contributed by atoms with E-state index in [1.807, 2.05) is 25.3 Å². The summed E-state index contributed by atoms with van der Waals surface area (Å²) < 4.78 is 46.7. The maximum atomic E-state index is 13.2. The maximum Gasteiger partial charge on any atom is 0.416 e. The summed E-state index contributed by atoms with van der Waals surface area (Å²) in [6.07, 6.45) is -3.60. The van der Waals surface area contributed by atoms with E-state index in [9.17, 15) is 18.0 Å². The summed E-state index contributed by atoms with van der Waals surface area (Å²) >= 11 is 0. The number of nitrogens with zero attached hydrogens (tertiary/aromatic N) is 2. The van der Waals surface area contributed by atoms with Crippen molar-refractivity contribution < 1.29 is 22.7 Å². The normalized spacial score (nSPS) is 14.8. The lowest BCUT2D eigenvalue weighted by atomic mass is 10.1. The molecule has 1 saturated heterocycles. The maximum absolute atomic E-state index is 13.2. The predicted molar refractivity (Wildman–Crippen MR) is 110 cm³/mol. The Kier molecular flexibility index (Phi) is 6.75. The molecular weight excluding hydrogens is 395 g/mol. The molecule has 1 fully saturated rings. The summed E-state index contributed by atoms with van der Waals surface area (Å²) in [4.78, 5) is 15.1. The molecule has 2 heterocycles. The monoisotopic (exact) mass is 423 g/mol. The number of hydrogen-bond donors (Lipinski definition) is 1. The van der Waals surface area contributed by atoms with Crippen molar-refractivity contribution in [3.8, 4) is 0 Å². The molecule has 1 N–H and O–H groups in total. The number of aromatic nitrogens is 1. The Morgan fingerprint density at radius 3 is 2.53 bits per heavy atom. The van der Waals surface area contributed by atoms with E-state index in [4.69, 9.17) is 4.74 Å². The van der Waals surface area contributed by atoms with Crippen LogP contribution < -0.4 is 10.2 Å². The van der Waals surface area contributed by atoms with E-state index >= 15 is 0 Å². The van der Waals surface area contributed by atoms with Crippen molar-refractivity contribution in [1.29, 1.82) is 0 Å². The molecule has 0 spiro atoms. The first-order valence-corrected chi connectivity index (χ1v) is 10.2. The van der Waals surface area contributed by atoms with Crippen molar-refractivity contribution in [1.82, 2.24) is 9.88 Å². The highest BCUT2D eigenvalue weighted by Gasteiger charge is 2.31. The highest BCUT2D eigenvalue weighted by Crippen LogP contribution is 2.33. The Hall–Kier alpha value is -2.48. The van der Waals surface area contributed by atoms with E-state index in [2.05, 4.69) is 10.2 Å². The van der Waals surface area contributed by atoms with Gasteiger partial charge in [-0.05, 0) is 38.0 Å². The Labute approximate surface area is 174 Å². The Bertz CT molecular complexity index is 900. The van der Waals surface area contributed by atoms with Gasteiger partial charge in [0.15, 0.2) is 0 Å². The zero-order chi connectivity index (χ0) is 21.9. The molecular formula is C22H28F3N3O2. The molecule has 0 aliphatic carbocycles. The lowest BCUT2D eigenvalue weighted by molar-refractivity contribution is -0.137. The lowest BCUT2D eigenvalue weighted by Crippen LogP contribution is -2.36. The Morgan fingerprint density at radius 1 is 1.20 bits per heavy atom. The number of benzene rings is 1. The molecule has 30 heavy (non-hydrogen) atoms. The fraction of sp³-hybridized carbons (Fsp3) is 0.500. The molecule has 0 bridgehead atoms. The summed E-state index contributed by atoms with van der Waals surface area (Å²) in [7, 11) is 0. The van der Waals surface area contributed by atoms with Crippen molar-refractivity contribution in [3.63, 3.8) is 0 Å². The van der Waals surface area contributed by atoms with Gasteiger partial charge in [-0.15, -0.1) is 0 Å². The number of anilines is 1. The number of rotatable bonds is 6. The Morgan fingerprint density at radius 2 is 1.90 bits per heavy atom. The largest absolute Gasteiger partial charge is 0.416 e. The van der Waals surface area contributed by atoms with Crippen molar-refractivity contribution in [2.75, 3.05) is 37.7 Å². The van der Waals surface area contributed by atoms with Crippen LogP contribution in [0.1, 0.15) is 46.2 Å². The van der Waals surface area contributed by atoms with Gasteiger partial charge in [-0.1, -0.05) is 19.1 Å². The average molecular weight is 423 g/mol. The number of carbonyl (C=O) groups is 1. The first kappa shape index (κ1) is 22.2. The van der Waals surface area contributed by atoms with Crippen molar-refractivity contribution in [2.24, 2.45) is 0 Å². The number of alkyl halides is 3. The highest BCUT2D eigenvalue weighted by atomic mass is 19.4. The van der Waals surface area contributed by atoms with Crippen LogP contribution in [0.3, 0.4) is 0 Å². The van der Waals surface area contributed by atoms with Gasteiger partial charge in [0.2, 0.25) is 0 Å². The molecule has 1 amide bonds. The number of ether oxygens (including phenoxy) is 1. The minimum Gasteiger partial charge on any atom is -0.378 e. The quantitative estimate of drug-likeness (QED) is 0.759. The highest BCUT2D eigenvalue weighted by molar-refractivity contribution is 5.96. The second-order valence-electron chi connectivity index (χ2n) is 7.55. The minimum atomic E-state index is -4.40. The molecule has 8 heteroatoms. The zero-order valence-electron chi connectivity index (χ0n) is 17.6. The number of nitrogens with one attached hydrogen (secondary N) is 1. The summed E-state index contributed by atoms with van der Waals surface area (Å²) in [6, 6.07) is 5.28. The van der Waals surface area contributed by atoms with E-state index < -0.39 is 11.7 Å². The van der Waals surface area contributed by atoms with Crippen LogP contribution in [-0.4, -0.2) is 43.3 Å². The Balaban J connectivity index is 2.04. The minimum absolute atomic E-state index is 0.190. The fourth-order valence-electron chi connectivity index (χ4n) is 3.98. The van der Waals surface area contributed by atoms with E-state index in [1.54, 1.807) is 6.07 Å². The molecule has 0 saturated carbocycles. The smallest absolute Gasteiger partial charge is 0.378 e. The van der Waals surface area contributed by atoms with Gasteiger partial charge in [-0.25, -0.2) is 0 Å². The number of carbonyl (C=O) groups excluding carboxylic acids is 1. The lowest BCUT2D eigenvalue weighted by Gasteiger charge is -2.29. The second-order valence-corrected chi connectivity index (χ2v) is 7.55. The zero-order valence-corrected chi connectivity index (χ0v) is 17.6. The molecule has 164 valence electrons. The van der Waals surface area contributed by atoms with Gasteiger partial charge < -0.3 is 19.5 Å². The molecule has 0 radical (unpaired) electrons. The molecule has 1 aliphatic heterocycles. The van der Waals surface area contributed by atoms with Gasteiger partial charge >= 0.3 is 6.18 Å². The van der Waals surface area contributed by atoms with E-state index in [1.165, 1.54) is 6.07 Å². The summed E-state index contributed by atoms with van der Waals surface area (Å²) in [5.74, 6) is -0.205. The van der Waals surface area contributed by atoms with Crippen LogP contribution in [-0.2, 0) is 17.5 Å². The third kappa shape index (κ3) is 4.64. The van der Waals surface area contributed by atoms with E-state index in [0.717, 1.165) is 35.5 Å². The fourth-order valence-corrected chi connectivity index (χ4v) is 3.98. The van der Waals surface area contributed by atoms with Gasteiger partial charge in [0.05, 0.1) is 24.5 Å². The molecule has 1 aromatic heterocycles. The molecule has 0 unspecified atom stereocenters. The molecule has 0 atom stereocenters. The van der Waals surface area contributed by atoms with Crippen LogP contribution in [0.4, 0.5) is 18.9 Å².